The molecule has 0 saturated carbocycles. The van der Waals surface area contributed by atoms with Crippen LogP contribution in [0.2, 0.25) is 0 Å². The molecule has 10 heteroatoms. The lowest BCUT2D eigenvalue weighted by Crippen LogP contribution is -2.08. The van der Waals surface area contributed by atoms with Crippen molar-refractivity contribution < 1.29 is 9.47 Å². The van der Waals surface area contributed by atoms with Gasteiger partial charge in [-0.3, -0.25) is 0 Å². The molecule has 0 aromatic heterocycles. The van der Waals surface area contributed by atoms with E-state index < -0.39 is 0 Å². The van der Waals surface area contributed by atoms with Gasteiger partial charge in [0.15, 0.2) is 0 Å². The molecule has 0 spiro atoms. The van der Waals surface area contributed by atoms with Crippen molar-refractivity contribution in [3.63, 3.8) is 0 Å². The van der Waals surface area contributed by atoms with E-state index in [2.05, 4.69) is 0 Å². The van der Waals surface area contributed by atoms with Crippen molar-refractivity contribution in [2.75, 3.05) is 13.2 Å². The fourth-order valence-electron chi connectivity index (χ4n) is 2.79. The van der Waals surface area contributed by atoms with Crippen LogP contribution in [0, 0.1) is 0 Å². The van der Waals surface area contributed by atoms with Crippen LogP contribution < -0.4 is 0 Å². The molecule has 25 heavy (non-hydrogen) atoms. The summed E-state index contributed by atoms with van der Waals surface area (Å²) in [6.07, 6.45) is 3.94. The van der Waals surface area contributed by atoms with Crippen molar-refractivity contribution >= 4 is 94.1 Å². The monoisotopic (exact) mass is 478 g/mol. The molecular formula is C15H10O2S8. The van der Waals surface area contributed by atoms with Gasteiger partial charge in [-0.05, 0) is 42.8 Å². The van der Waals surface area contributed by atoms with Crippen LogP contribution in [0.3, 0.4) is 0 Å². The van der Waals surface area contributed by atoms with E-state index in [9.17, 15) is 0 Å². The summed E-state index contributed by atoms with van der Waals surface area (Å²) in [5, 5.41) is 1.91. The first-order valence-electron chi connectivity index (χ1n) is 7.71. The van der Waals surface area contributed by atoms with E-state index in [4.69, 9.17) is 9.47 Å². The minimum absolute atomic E-state index is 0.667. The highest BCUT2D eigenvalue weighted by molar-refractivity contribution is 8.49. The minimum atomic E-state index is 0.667. The van der Waals surface area contributed by atoms with Gasteiger partial charge >= 0.3 is 0 Å². The molecule has 0 atom stereocenters. The summed E-state index contributed by atoms with van der Waals surface area (Å²) in [7, 11) is 0. The Morgan fingerprint density at radius 2 is 0.880 bits per heavy atom. The lowest BCUT2D eigenvalue weighted by atomic mass is 10.4. The van der Waals surface area contributed by atoms with E-state index >= 15 is 0 Å². The molecule has 0 saturated heterocycles. The molecule has 5 heterocycles. The van der Waals surface area contributed by atoms with E-state index in [1.165, 1.54) is 44.7 Å². The summed E-state index contributed by atoms with van der Waals surface area (Å²) in [4.78, 5) is 3.28. The zero-order chi connectivity index (χ0) is 16.4. The molecule has 2 nitrogen and oxygen atoms in total. The first-order valence-corrected chi connectivity index (χ1v) is 14.2. The van der Waals surface area contributed by atoms with Crippen LogP contribution in [0.5, 0.6) is 0 Å². The second-order valence-corrected chi connectivity index (χ2v) is 15.3. The first kappa shape index (κ1) is 17.0. The number of allylic oxidation sites excluding steroid dienone is 2. The van der Waals surface area contributed by atoms with E-state index in [0.29, 0.717) is 13.2 Å². The summed E-state index contributed by atoms with van der Waals surface area (Å²) in [6.45, 7) is 1.33. The third-order valence-corrected chi connectivity index (χ3v) is 15.7. The molecule has 0 aromatic carbocycles. The number of hydrogen-bond donors (Lipinski definition) is 0. The highest BCUT2D eigenvalue weighted by atomic mass is 32.3. The zero-order valence-corrected chi connectivity index (χ0v) is 19.1. The molecule has 130 valence electrons. The van der Waals surface area contributed by atoms with E-state index in [-0.39, 0.29) is 0 Å². The quantitative estimate of drug-likeness (QED) is 0.341. The number of rotatable bonds is 0. The third kappa shape index (κ3) is 3.07. The Kier molecular flexibility index (Phi) is 4.66. The lowest BCUT2D eigenvalue weighted by molar-refractivity contribution is 0.0949. The van der Waals surface area contributed by atoms with Gasteiger partial charge in [0.1, 0.15) is 13.2 Å². The van der Waals surface area contributed by atoms with Gasteiger partial charge in [0.25, 0.3) is 0 Å². The summed E-state index contributed by atoms with van der Waals surface area (Å²) in [5.41, 5.74) is 0. The molecule has 0 radical (unpaired) electrons. The Hall–Kier alpha value is 1.10. The fourth-order valence-corrected chi connectivity index (χ4v) is 14.9. The maximum Gasteiger partial charge on any atom is 0.208 e. The summed E-state index contributed by atoms with van der Waals surface area (Å²) < 4.78 is 20.1. The number of hydrogen-bond acceptors (Lipinski definition) is 10. The first-order chi connectivity index (χ1) is 12.3. The largest absolute Gasteiger partial charge is 0.480 e. The maximum absolute atomic E-state index is 5.71. The second kappa shape index (κ2) is 6.86. The predicted molar refractivity (Wildman–Crippen MR) is 122 cm³/mol. The van der Waals surface area contributed by atoms with Crippen LogP contribution in [-0.4, -0.2) is 13.2 Å². The van der Waals surface area contributed by atoms with Gasteiger partial charge in [-0.15, -0.1) is 0 Å². The molecule has 0 aromatic rings. The van der Waals surface area contributed by atoms with Crippen LogP contribution in [-0.2, 0) is 9.47 Å². The molecule has 0 amide bonds. The summed E-state index contributed by atoms with van der Waals surface area (Å²) in [6, 6.07) is 0. The van der Waals surface area contributed by atoms with Gasteiger partial charge < -0.3 is 9.47 Å². The Morgan fingerprint density at radius 1 is 0.480 bits per heavy atom. The summed E-state index contributed by atoms with van der Waals surface area (Å²) >= 11 is 15.3. The molecule has 6 rings (SSSR count). The van der Waals surface area contributed by atoms with Crippen LogP contribution >= 0.6 is 94.1 Å². The Balaban J connectivity index is 1.16. The van der Waals surface area contributed by atoms with Crippen molar-refractivity contribution in [3.8, 4) is 0 Å². The van der Waals surface area contributed by atoms with Gasteiger partial charge in [-0.2, -0.15) is 0 Å². The number of ether oxygens (including phenoxy) is 2. The average molecular weight is 479 g/mol. The van der Waals surface area contributed by atoms with Crippen LogP contribution in [0.15, 0.2) is 45.4 Å². The molecule has 0 fully saturated rings. The summed E-state index contributed by atoms with van der Waals surface area (Å²) in [5.74, 6) is 0. The van der Waals surface area contributed by atoms with E-state index in [1.807, 2.05) is 70.6 Å². The molecule has 5 aliphatic heterocycles. The smallest absolute Gasteiger partial charge is 0.208 e. The fraction of sp³-hybridized carbons (Fsp3) is 0.333. The van der Waals surface area contributed by atoms with Crippen molar-refractivity contribution in [2.45, 2.75) is 19.3 Å². The lowest BCUT2D eigenvalue weighted by Gasteiger charge is -2.13. The van der Waals surface area contributed by atoms with Gasteiger partial charge in [0.05, 0.1) is 25.4 Å². The van der Waals surface area contributed by atoms with Crippen molar-refractivity contribution in [2.24, 2.45) is 0 Å². The van der Waals surface area contributed by atoms with Crippen molar-refractivity contribution in [1.29, 1.82) is 0 Å². The molecule has 0 bridgehead atoms. The zero-order valence-electron chi connectivity index (χ0n) is 12.6. The third-order valence-electron chi connectivity index (χ3n) is 3.88. The predicted octanol–water partition coefficient (Wildman–Crippen LogP) is 7.86. The molecule has 0 N–H and O–H groups in total. The molecule has 0 unspecified atom stereocenters. The van der Waals surface area contributed by atoms with Crippen LogP contribution in [0.25, 0.3) is 0 Å². The highest BCUT2D eigenvalue weighted by Crippen LogP contribution is 2.72. The van der Waals surface area contributed by atoms with Crippen molar-refractivity contribution in [3.05, 3.63) is 45.4 Å². The Morgan fingerprint density at radius 3 is 1.36 bits per heavy atom. The van der Waals surface area contributed by atoms with Crippen molar-refractivity contribution in [1.82, 2.24) is 0 Å². The van der Waals surface area contributed by atoms with Gasteiger partial charge in [0.2, 0.25) is 10.2 Å². The van der Waals surface area contributed by atoms with Crippen LogP contribution in [0.4, 0.5) is 0 Å². The van der Waals surface area contributed by atoms with E-state index in [0.717, 1.165) is 10.2 Å². The average Bonchev–Trinajstić information content (AvgIpc) is 3.36. The molecule has 1 aliphatic carbocycles. The standard InChI is InChI=1S/C15H10O2S8/c1-2-6-7(3-1)19-10(18-6)12-22-14-15(23-12)25-13(24-14)11-20-8-9(21-11)17-5-4-16-8/h1-5H2. The topological polar surface area (TPSA) is 18.5 Å². The highest BCUT2D eigenvalue weighted by Gasteiger charge is 2.38. The maximum atomic E-state index is 5.71. The second-order valence-electron chi connectivity index (χ2n) is 5.51. The van der Waals surface area contributed by atoms with Gasteiger partial charge in [-0.1, -0.05) is 70.6 Å². The Labute approximate surface area is 180 Å². The minimum Gasteiger partial charge on any atom is -0.480 e. The SMILES string of the molecule is C1CC2=C(C1)SC(=C1SC3=C(S1)SC(=C1SC4=C(OCCO4)S1)S3)S2. The number of thioether (sulfide) groups is 8. The van der Waals surface area contributed by atoms with Crippen LogP contribution in [0.1, 0.15) is 19.3 Å². The van der Waals surface area contributed by atoms with Gasteiger partial charge in [0, 0.05) is 9.81 Å². The van der Waals surface area contributed by atoms with E-state index in [1.54, 1.807) is 33.3 Å². The Bertz CT molecular complexity index is 790. The normalized spacial score (nSPS) is 28.2. The van der Waals surface area contributed by atoms with Gasteiger partial charge in [-0.25, -0.2) is 0 Å². The molecule has 6 aliphatic rings. The molecular weight excluding hydrogens is 469 g/mol.